The summed E-state index contributed by atoms with van der Waals surface area (Å²) in [4.78, 5) is 28.6. The van der Waals surface area contributed by atoms with E-state index in [0.717, 1.165) is 31.6 Å². The van der Waals surface area contributed by atoms with E-state index in [1.54, 1.807) is 7.11 Å². The number of carbonyl (C=O) groups is 2. The Morgan fingerprint density at radius 2 is 1.89 bits per heavy atom. The van der Waals surface area contributed by atoms with Gasteiger partial charge >= 0.3 is 5.97 Å². The van der Waals surface area contributed by atoms with Crippen molar-refractivity contribution in [3.05, 3.63) is 29.8 Å². The van der Waals surface area contributed by atoms with Crippen molar-refractivity contribution >= 4 is 11.9 Å². The van der Waals surface area contributed by atoms with Gasteiger partial charge in [0.1, 0.15) is 5.75 Å². The number of methoxy groups -OCH3 is 2. The second kappa shape index (κ2) is 9.22. The highest BCUT2D eigenvalue weighted by atomic mass is 16.5. The molecule has 0 aromatic heterocycles. The largest absolute Gasteiger partial charge is 0.497 e. The zero-order chi connectivity index (χ0) is 19.2. The molecule has 1 aromatic rings. The van der Waals surface area contributed by atoms with Crippen molar-refractivity contribution in [2.75, 3.05) is 40.4 Å². The summed E-state index contributed by atoms with van der Waals surface area (Å²) in [7, 11) is 3.11. The Balaban J connectivity index is 1.52. The SMILES string of the molecule is COC(=O)C1CCN(C(=O)CN2CCCC2Cc2cccc(OC)c2)CC1. The molecule has 2 aliphatic rings. The number of esters is 1. The maximum absolute atomic E-state index is 12.7. The molecule has 2 saturated heterocycles. The van der Waals surface area contributed by atoms with Crippen molar-refractivity contribution in [2.24, 2.45) is 5.92 Å². The Bertz CT molecular complexity index is 655. The van der Waals surface area contributed by atoms with Gasteiger partial charge in [0.2, 0.25) is 5.91 Å². The van der Waals surface area contributed by atoms with Crippen LogP contribution in [0.15, 0.2) is 24.3 Å². The van der Waals surface area contributed by atoms with Crippen LogP contribution in [0.1, 0.15) is 31.2 Å². The van der Waals surface area contributed by atoms with Crippen LogP contribution in [0, 0.1) is 5.92 Å². The normalized spacial score (nSPS) is 21.3. The number of benzene rings is 1. The zero-order valence-corrected chi connectivity index (χ0v) is 16.4. The van der Waals surface area contributed by atoms with Crippen molar-refractivity contribution in [3.8, 4) is 5.75 Å². The summed E-state index contributed by atoms with van der Waals surface area (Å²) >= 11 is 0. The summed E-state index contributed by atoms with van der Waals surface area (Å²) in [6, 6.07) is 8.57. The van der Waals surface area contributed by atoms with Crippen LogP contribution < -0.4 is 4.74 Å². The number of amides is 1. The van der Waals surface area contributed by atoms with E-state index in [-0.39, 0.29) is 17.8 Å². The van der Waals surface area contributed by atoms with E-state index in [9.17, 15) is 9.59 Å². The molecule has 6 heteroatoms. The van der Waals surface area contributed by atoms with Gasteiger partial charge in [-0.15, -0.1) is 0 Å². The van der Waals surface area contributed by atoms with E-state index >= 15 is 0 Å². The van der Waals surface area contributed by atoms with Crippen LogP contribution >= 0.6 is 0 Å². The van der Waals surface area contributed by atoms with Gasteiger partial charge in [-0.1, -0.05) is 12.1 Å². The molecule has 0 spiro atoms. The number of carbonyl (C=O) groups excluding carboxylic acids is 2. The molecule has 0 radical (unpaired) electrons. The lowest BCUT2D eigenvalue weighted by Gasteiger charge is -2.33. The van der Waals surface area contributed by atoms with Crippen molar-refractivity contribution in [2.45, 2.75) is 38.1 Å². The van der Waals surface area contributed by atoms with Gasteiger partial charge in [0, 0.05) is 19.1 Å². The number of nitrogens with zero attached hydrogens (tertiary/aromatic N) is 2. The summed E-state index contributed by atoms with van der Waals surface area (Å²) in [6.45, 7) is 2.73. The highest BCUT2D eigenvalue weighted by Crippen LogP contribution is 2.24. The van der Waals surface area contributed by atoms with E-state index in [1.165, 1.54) is 12.7 Å². The van der Waals surface area contributed by atoms with Crippen LogP contribution in [0.4, 0.5) is 0 Å². The Hall–Kier alpha value is -2.08. The van der Waals surface area contributed by atoms with Crippen LogP contribution in [0.2, 0.25) is 0 Å². The Kier molecular flexibility index (Phi) is 6.72. The number of rotatable bonds is 6. The van der Waals surface area contributed by atoms with E-state index < -0.39 is 0 Å². The summed E-state index contributed by atoms with van der Waals surface area (Å²) in [5.74, 6) is 0.837. The molecule has 6 nitrogen and oxygen atoms in total. The van der Waals surface area contributed by atoms with Crippen molar-refractivity contribution in [1.29, 1.82) is 0 Å². The van der Waals surface area contributed by atoms with Crippen LogP contribution in [0.3, 0.4) is 0 Å². The summed E-state index contributed by atoms with van der Waals surface area (Å²) in [5.41, 5.74) is 1.25. The molecule has 3 rings (SSSR count). The molecule has 0 bridgehead atoms. The molecule has 1 amide bonds. The van der Waals surface area contributed by atoms with Gasteiger partial charge in [-0.2, -0.15) is 0 Å². The van der Waals surface area contributed by atoms with Gasteiger partial charge in [0.15, 0.2) is 0 Å². The van der Waals surface area contributed by atoms with Gasteiger partial charge in [0.25, 0.3) is 0 Å². The smallest absolute Gasteiger partial charge is 0.308 e. The minimum atomic E-state index is -0.153. The number of likely N-dealkylation sites (tertiary alicyclic amines) is 2. The minimum absolute atomic E-state index is 0.0633. The van der Waals surface area contributed by atoms with Gasteiger partial charge in [-0.05, 0) is 56.3 Å². The van der Waals surface area contributed by atoms with E-state index in [4.69, 9.17) is 9.47 Å². The summed E-state index contributed by atoms with van der Waals surface area (Å²) < 4.78 is 10.1. The molecule has 2 fully saturated rings. The van der Waals surface area contributed by atoms with Crippen molar-refractivity contribution in [1.82, 2.24) is 9.80 Å². The predicted octanol–water partition coefficient (Wildman–Crippen LogP) is 2.11. The van der Waals surface area contributed by atoms with Gasteiger partial charge in [-0.3, -0.25) is 14.5 Å². The lowest BCUT2D eigenvalue weighted by Crippen LogP contribution is -2.46. The third-order valence-corrected chi connectivity index (χ3v) is 5.83. The third kappa shape index (κ3) is 5.01. The first kappa shape index (κ1) is 19.7. The van der Waals surface area contributed by atoms with Gasteiger partial charge in [-0.25, -0.2) is 0 Å². The van der Waals surface area contributed by atoms with Gasteiger partial charge in [0.05, 0.1) is 26.7 Å². The average molecular weight is 374 g/mol. The minimum Gasteiger partial charge on any atom is -0.497 e. The fourth-order valence-corrected chi connectivity index (χ4v) is 4.21. The lowest BCUT2D eigenvalue weighted by molar-refractivity contribution is -0.149. The fourth-order valence-electron chi connectivity index (χ4n) is 4.21. The molecule has 1 atom stereocenters. The molecule has 0 aliphatic carbocycles. The summed E-state index contributed by atoms with van der Waals surface area (Å²) in [5, 5.41) is 0. The Labute approximate surface area is 161 Å². The Morgan fingerprint density at radius 1 is 1.11 bits per heavy atom. The fraction of sp³-hybridized carbons (Fsp3) is 0.619. The molecule has 1 unspecified atom stereocenters. The number of ether oxygens (including phenoxy) is 2. The Morgan fingerprint density at radius 3 is 2.59 bits per heavy atom. The topological polar surface area (TPSA) is 59.1 Å². The third-order valence-electron chi connectivity index (χ3n) is 5.83. The molecule has 1 aromatic carbocycles. The van der Waals surface area contributed by atoms with Crippen LogP contribution in [0.25, 0.3) is 0 Å². The molecule has 27 heavy (non-hydrogen) atoms. The molecular weight excluding hydrogens is 344 g/mol. The van der Waals surface area contributed by atoms with E-state index in [1.807, 2.05) is 17.0 Å². The first-order chi connectivity index (χ1) is 13.1. The van der Waals surface area contributed by atoms with Crippen molar-refractivity contribution in [3.63, 3.8) is 0 Å². The molecule has 0 N–H and O–H groups in total. The first-order valence-corrected chi connectivity index (χ1v) is 9.83. The number of piperidine rings is 1. The van der Waals surface area contributed by atoms with Gasteiger partial charge < -0.3 is 14.4 Å². The molecule has 2 heterocycles. The van der Waals surface area contributed by atoms with Crippen LogP contribution in [-0.2, 0) is 20.7 Å². The molecule has 2 aliphatic heterocycles. The maximum atomic E-state index is 12.7. The maximum Gasteiger partial charge on any atom is 0.308 e. The number of hydrogen-bond acceptors (Lipinski definition) is 5. The molecule has 0 saturated carbocycles. The highest BCUT2D eigenvalue weighted by molar-refractivity contribution is 5.79. The second-order valence-corrected chi connectivity index (χ2v) is 7.50. The second-order valence-electron chi connectivity index (χ2n) is 7.50. The lowest BCUT2D eigenvalue weighted by atomic mass is 9.97. The average Bonchev–Trinajstić information content (AvgIpc) is 3.14. The van der Waals surface area contributed by atoms with Crippen molar-refractivity contribution < 1.29 is 19.1 Å². The zero-order valence-electron chi connectivity index (χ0n) is 16.4. The predicted molar refractivity (Wildman–Crippen MR) is 103 cm³/mol. The standard InChI is InChI=1S/C21H30N2O4/c1-26-19-7-3-5-16(14-19)13-18-6-4-10-23(18)15-20(24)22-11-8-17(9-12-22)21(25)27-2/h3,5,7,14,17-18H,4,6,8-13,15H2,1-2H3. The first-order valence-electron chi connectivity index (χ1n) is 9.83. The van der Waals surface area contributed by atoms with Crippen LogP contribution in [-0.4, -0.2) is 68.1 Å². The number of hydrogen-bond donors (Lipinski definition) is 0. The van der Waals surface area contributed by atoms with E-state index in [2.05, 4.69) is 17.0 Å². The van der Waals surface area contributed by atoms with Crippen LogP contribution in [0.5, 0.6) is 5.75 Å². The quantitative estimate of drug-likeness (QED) is 0.714. The molecular formula is C21H30N2O4. The molecule has 148 valence electrons. The highest BCUT2D eigenvalue weighted by Gasteiger charge is 2.31. The summed E-state index contributed by atoms with van der Waals surface area (Å²) in [6.07, 6.45) is 4.59. The van der Waals surface area contributed by atoms with E-state index in [0.29, 0.717) is 38.5 Å². The monoisotopic (exact) mass is 374 g/mol.